The first-order valence-corrected chi connectivity index (χ1v) is 6.71. The number of benzene rings is 1. The molecule has 0 atom stereocenters. The standard InChI is InChI=1S/C15H13F3N4O/c1-9(2)20-14(23)12-7-13(15(16,17)18)21-22(12)11-5-3-4-10(6-11)8-19/h3-7,9H,1-2H3,(H,20,23). The Bertz CT molecular complexity index is 772. The molecular formula is C15H13F3N4O. The molecule has 23 heavy (non-hydrogen) atoms. The van der Waals surface area contributed by atoms with E-state index in [1.807, 2.05) is 6.07 Å². The maximum atomic E-state index is 12.9. The molecule has 0 aliphatic carbocycles. The summed E-state index contributed by atoms with van der Waals surface area (Å²) >= 11 is 0. The van der Waals surface area contributed by atoms with Crippen LogP contribution in [0.2, 0.25) is 0 Å². The van der Waals surface area contributed by atoms with Crippen LogP contribution in [0.15, 0.2) is 30.3 Å². The van der Waals surface area contributed by atoms with Gasteiger partial charge in [-0.05, 0) is 32.0 Å². The van der Waals surface area contributed by atoms with Crippen LogP contribution in [0.25, 0.3) is 5.69 Å². The molecule has 1 amide bonds. The minimum Gasteiger partial charge on any atom is -0.349 e. The summed E-state index contributed by atoms with van der Waals surface area (Å²) in [5.74, 6) is -0.676. The summed E-state index contributed by atoms with van der Waals surface area (Å²) in [5.41, 5.74) is -0.967. The maximum absolute atomic E-state index is 12.9. The normalized spacial score (nSPS) is 11.3. The summed E-state index contributed by atoms with van der Waals surface area (Å²) in [4.78, 5) is 12.1. The molecule has 8 heteroatoms. The molecule has 0 spiro atoms. The summed E-state index contributed by atoms with van der Waals surface area (Å²) in [6.07, 6.45) is -4.68. The van der Waals surface area contributed by atoms with Crippen molar-refractivity contribution in [1.29, 1.82) is 5.26 Å². The van der Waals surface area contributed by atoms with E-state index in [2.05, 4.69) is 10.4 Å². The number of nitriles is 1. The van der Waals surface area contributed by atoms with Crippen LogP contribution in [0.1, 0.15) is 35.6 Å². The minimum absolute atomic E-state index is 0.202. The summed E-state index contributed by atoms with van der Waals surface area (Å²) in [7, 11) is 0. The second-order valence-corrected chi connectivity index (χ2v) is 5.11. The molecule has 5 nitrogen and oxygen atoms in total. The van der Waals surface area contributed by atoms with Crippen LogP contribution in [0.4, 0.5) is 13.2 Å². The van der Waals surface area contributed by atoms with Gasteiger partial charge in [0.15, 0.2) is 5.69 Å². The molecule has 0 aliphatic rings. The molecule has 1 aromatic heterocycles. The quantitative estimate of drug-likeness (QED) is 0.944. The van der Waals surface area contributed by atoms with Crippen molar-refractivity contribution in [3.05, 3.63) is 47.3 Å². The van der Waals surface area contributed by atoms with Crippen molar-refractivity contribution in [3.63, 3.8) is 0 Å². The second-order valence-electron chi connectivity index (χ2n) is 5.11. The number of halogens is 3. The number of aromatic nitrogens is 2. The molecule has 0 unspecified atom stereocenters. The molecule has 1 heterocycles. The van der Waals surface area contributed by atoms with Gasteiger partial charge in [0.1, 0.15) is 5.69 Å². The first-order chi connectivity index (χ1) is 10.7. The van der Waals surface area contributed by atoms with Crippen LogP contribution in [-0.4, -0.2) is 21.7 Å². The van der Waals surface area contributed by atoms with Gasteiger partial charge in [-0.15, -0.1) is 0 Å². The average Bonchev–Trinajstić information content (AvgIpc) is 2.92. The monoisotopic (exact) mass is 322 g/mol. The SMILES string of the molecule is CC(C)NC(=O)c1cc(C(F)(F)F)nn1-c1cccc(C#N)c1. The number of carbonyl (C=O) groups is 1. The van der Waals surface area contributed by atoms with E-state index in [1.165, 1.54) is 24.3 Å². The Morgan fingerprint density at radius 1 is 1.35 bits per heavy atom. The molecule has 0 fully saturated rings. The first kappa shape index (κ1) is 16.5. The van der Waals surface area contributed by atoms with Crippen molar-refractivity contribution in [2.24, 2.45) is 0 Å². The second kappa shape index (κ2) is 6.12. The number of amides is 1. The zero-order chi connectivity index (χ0) is 17.2. The van der Waals surface area contributed by atoms with Crippen LogP contribution in [0, 0.1) is 11.3 Å². The Kier molecular flexibility index (Phi) is 4.40. The Balaban J connectivity index is 2.58. The van der Waals surface area contributed by atoms with Gasteiger partial charge in [0.2, 0.25) is 0 Å². The fraction of sp³-hybridized carbons (Fsp3) is 0.267. The minimum atomic E-state index is -4.68. The van der Waals surface area contributed by atoms with Gasteiger partial charge >= 0.3 is 6.18 Å². The van der Waals surface area contributed by atoms with Crippen LogP contribution in [-0.2, 0) is 6.18 Å². The lowest BCUT2D eigenvalue weighted by molar-refractivity contribution is -0.141. The molecule has 1 aromatic carbocycles. The van der Waals surface area contributed by atoms with Crippen molar-refractivity contribution in [3.8, 4) is 11.8 Å². The molecule has 1 N–H and O–H groups in total. The van der Waals surface area contributed by atoms with Gasteiger partial charge in [0.25, 0.3) is 5.91 Å². The van der Waals surface area contributed by atoms with Crippen molar-refractivity contribution >= 4 is 5.91 Å². The summed E-state index contributed by atoms with van der Waals surface area (Å²) in [6.45, 7) is 3.39. The molecule has 0 bridgehead atoms. The smallest absolute Gasteiger partial charge is 0.349 e. The largest absolute Gasteiger partial charge is 0.435 e. The predicted molar refractivity (Wildman–Crippen MR) is 75.9 cm³/mol. The van der Waals surface area contributed by atoms with Gasteiger partial charge in [0.05, 0.1) is 17.3 Å². The number of alkyl halides is 3. The molecule has 2 rings (SSSR count). The van der Waals surface area contributed by atoms with Crippen LogP contribution in [0.3, 0.4) is 0 Å². The third kappa shape index (κ3) is 3.69. The number of rotatable bonds is 3. The van der Waals surface area contributed by atoms with E-state index in [1.54, 1.807) is 13.8 Å². The third-order valence-corrected chi connectivity index (χ3v) is 2.87. The zero-order valence-corrected chi connectivity index (χ0v) is 12.3. The Labute approximate surface area is 130 Å². The van der Waals surface area contributed by atoms with E-state index < -0.39 is 17.8 Å². The Hall–Kier alpha value is -2.82. The van der Waals surface area contributed by atoms with Crippen LogP contribution in [0.5, 0.6) is 0 Å². The summed E-state index contributed by atoms with van der Waals surface area (Å²) in [6, 6.07) is 8.18. The van der Waals surface area contributed by atoms with E-state index in [-0.39, 0.29) is 23.0 Å². The molecular weight excluding hydrogens is 309 g/mol. The number of nitrogens with one attached hydrogen (secondary N) is 1. The fourth-order valence-corrected chi connectivity index (χ4v) is 1.92. The zero-order valence-electron chi connectivity index (χ0n) is 12.3. The number of carbonyl (C=O) groups excluding carboxylic acids is 1. The van der Waals surface area contributed by atoms with Crippen molar-refractivity contribution in [1.82, 2.24) is 15.1 Å². The molecule has 120 valence electrons. The van der Waals surface area contributed by atoms with E-state index >= 15 is 0 Å². The molecule has 0 aliphatic heterocycles. The lowest BCUT2D eigenvalue weighted by atomic mass is 10.2. The highest BCUT2D eigenvalue weighted by atomic mass is 19.4. The van der Waals surface area contributed by atoms with Crippen molar-refractivity contribution in [2.45, 2.75) is 26.1 Å². The maximum Gasteiger partial charge on any atom is 0.435 e. The Morgan fingerprint density at radius 3 is 2.61 bits per heavy atom. The molecule has 0 saturated heterocycles. The molecule has 0 saturated carbocycles. The highest BCUT2D eigenvalue weighted by molar-refractivity contribution is 5.93. The molecule has 2 aromatic rings. The number of hydrogen-bond acceptors (Lipinski definition) is 3. The van der Waals surface area contributed by atoms with Crippen LogP contribution >= 0.6 is 0 Å². The van der Waals surface area contributed by atoms with Gasteiger partial charge in [-0.25, -0.2) is 4.68 Å². The lowest BCUT2D eigenvalue weighted by Crippen LogP contribution is -2.31. The van der Waals surface area contributed by atoms with Crippen molar-refractivity contribution < 1.29 is 18.0 Å². The topological polar surface area (TPSA) is 70.7 Å². The lowest BCUT2D eigenvalue weighted by Gasteiger charge is -2.10. The van der Waals surface area contributed by atoms with E-state index in [9.17, 15) is 18.0 Å². The van der Waals surface area contributed by atoms with Gasteiger partial charge in [0, 0.05) is 12.1 Å². The number of hydrogen-bond donors (Lipinski definition) is 1. The van der Waals surface area contributed by atoms with E-state index in [0.29, 0.717) is 6.07 Å². The van der Waals surface area contributed by atoms with E-state index in [0.717, 1.165) is 4.68 Å². The number of nitrogens with zero attached hydrogens (tertiary/aromatic N) is 3. The van der Waals surface area contributed by atoms with Gasteiger partial charge < -0.3 is 5.32 Å². The third-order valence-electron chi connectivity index (χ3n) is 2.87. The van der Waals surface area contributed by atoms with E-state index in [4.69, 9.17) is 5.26 Å². The average molecular weight is 322 g/mol. The summed E-state index contributed by atoms with van der Waals surface area (Å²) in [5, 5.41) is 14.9. The highest BCUT2D eigenvalue weighted by Gasteiger charge is 2.36. The van der Waals surface area contributed by atoms with Gasteiger partial charge in [-0.1, -0.05) is 6.07 Å². The van der Waals surface area contributed by atoms with Crippen molar-refractivity contribution in [2.75, 3.05) is 0 Å². The first-order valence-electron chi connectivity index (χ1n) is 6.71. The predicted octanol–water partition coefficient (Wildman–Crippen LogP) is 2.90. The van der Waals surface area contributed by atoms with Gasteiger partial charge in [-0.2, -0.15) is 23.5 Å². The van der Waals surface area contributed by atoms with Gasteiger partial charge in [-0.3, -0.25) is 4.79 Å². The van der Waals surface area contributed by atoms with Crippen LogP contribution < -0.4 is 5.32 Å². The fourth-order valence-electron chi connectivity index (χ4n) is 1.92. The summed E-state index contributed by atoms with van der Waals surface area (Å²) < 4.78 is 39.6. The highest BCUT2D eigenvalue weighted by Crippen LogP contribution is 2.29. The molecule has 0 radical (unpaired) electrons. The Morgan fingerprint density at radius 2 is 2.04 bits per heavy atom.